The lowest BCUT2D eigenvalue weighted by Crippen LogP contribution is -2.37. The number of carbonyl (C=O) groups excluding carboxylic acids is 2. The zero-order chi connectivity index (χ0) is 20.5. The fourth-order valence-electron chi connectivity index (χ4n) is 3.62. The number of Topliss-reactive ketones (excluding diaryl/α,β-unsaturated/α-hetero) is 1. The molecule has 4 nitrogen and oxygen atoms in total. The predicted molar refractivity (Wildman–Crippen MR) is 116 cm³/mol. The third-order valence-corrected chi connectivity index (χ3v) is 6.27. The molecule has 5 heteroatoms. The molecule has 1 aliphatic heterocycles. The fraction of sp³-hybridized carbons (Fsp3) is 0.417. The molecule has 0 saturated carbocycles. The van der Waals surface area contributed by atoms with Crippen LogP contribution in [0.5, 0.6) is 0 Å². The Bertz CT molecular complexity index is 784. The van der Waals surface area contributed by atoms with E-state index in [-0.39, 0.29) is 17.7 Å². The van der Waals surface area contributed by atoms with Crippen molar-refractivity contribution in [2.45, 2.75) is 42.4 Å². The van der Waals surface area contributed by atoms with Crippen molar-refractivity contribution in [3.63, 3.8) is 0 Å². The van der Waals surface area contributed by atoms with Crippen molar-refractivity contribution in [1.82, 2.24) is 4.90 Å². The molecule has 0 aromatic heterocycles. The molecule has 0 amide bonds. The van der Waals surface area contributed by atoms with E-state index in [4.69, 9.17) is 4.74 Å². The summed E-state index contributed by atoms with van der Waals surface area (Å²) in [6.07, 6.45) is 3.75. The molecule has 0 radical (unpaired) electrons. The number of ketones is 1. The van der Waals surface area contributed by atoms with Crippen molar-refractivity contribution < 1.29 is 14.3 Å². The van der Waals surface area contributed by atoms with Crippen molar-refractivity contribution in [3.05, 3.63) is 60.2 Å². The van der Waals surface area contributed by atoms with E-state index < -0.39 is 0 Å². The van der Waals surface area contributed by atoms with Gasteiger partial charge in [0.2, 0.25) is 0 Å². The topological polar surface area (TPSA) is 46.6 Å². The summed E-state index contributed by atoms with van der Waals surface area (Å²) in [4.78, 5) is 28.4. The number of ether oxygens (including phenoxy) is 1. The Kier molecular flexibility index (Phi) is 8.32. The van der Waals surface area contributed by atoms with Gasteiger partial charge in [-0.2, -0.15) is 0 Å². The van der Waals surface area contributed by atoms with Crippen LogP contribution < -0.4 is 0 Å². The molecule has 29 heavy (non-hydrogen) atoms. The first kappa shape index (κ1) is 21.6. The molecule has 1 aliphatic rings. The first-order chi connectivity index (χ1) is 14.1. The smallest absolute Gasteiger partial charge is 0.302 e. The van der Waals surface area contributed by atoms with Crippen molar-refractivity contribution in [2.24, 2.45) is 5.92 Å². The number of rotatable bonds is 9. The van der Waals surface area contributed by atoms with Crippen LogP contribution in [0.1, 0.15) is 43.0 Å². The number of likely N-dealkylation sites (tertiary alicyclic amines) is 1. The molecule has 0 aliphatic carbocycles. The van der Waals surface area contributed by atoms with Gasteiger partial charge in [-0.25, -0.2) is 0 Å². The van der Waals surface area contributed by atoms with Gasteiger partial charge in [-0.05, 0) is 69.6 Å². The molecule has 0 spiro atoms. The Morgan fingerprint density at radius 3 is 2.28 bits per heavy atom. The molecule has 1 fully saturated rings. The molecule has 0 N–H and O–H groups in total. The number of benzene rings is 2. The average molecular weight is 412 g/mol. The van der Waals surface area contributed by atoms with E-state index in [1.807, 2.05) is 42.5 Å². The number of esters is 1. The van der Waals surface area contributed by atoms with Crippen LogP contribution in [0.3, 0.4) is 0 Å². The lowest BCUT2D eigenvalue weighted by molar-refractivity contribution is -0.141. The van der Waals surface area contributed by atoms with Crippen LogP contribution >= 0.6 is 11.8 Å². The minimum absolute atomic E-state index is 0.125. The van der Waals surface area contributed by atoms with Crippen LogP contribution in [0, 0.1) is 5.92 Å². The highest BCUT2D eigenvalue weighted by Crippen LogP contribution is 2.28. The molecule has 1 heterocycles. The Morgan fingerprint density at radius 2 is 1.62 bits per heavy atom. The lowest BCUT2D eigenvalue weighted by Gasteiger charge is -2.31. The van der Waals surface area contributed by atoms with Crippen molar-refractivity contribution in [2.75, 3.05) is 26.2 Å². The maximum absolute atomic E-state index is 12.9. The normalized spacial score (nSPS) is 15.2. The molecular formula is C24H29NO3S. The van der Waals surface area contributed by atoms with Crippen LogP contribution in [-0.4, -0.2) is 42.9 Å². The van der Waals surface area contributed by atoms with Gasteiger partial charge in [0.25, 0.3) is 0 Å². The Labute approximate surface area is 177 Å². The molecule has 2 aromatic rings. The zero-order valence-electron chi connectivity index (χ0n) is 17.0. The van der Waals surface area contributed by atoms with Gasteiger partial charge in [-0.15, -0.1) is 0 Å². The first-order valence-electron chi connectivity index (χ1n) is 10.3. The second-order valence-corrected chi connectivity index (χ2v) is 8.61. The summed E-state index contributed by atoms with van der Waals surface area (Å²) in [5.74, 6) is 0.187. The van der Waals surface area contributed by atoms with E-state index in [2.05, 4.69) is 17.0 Å². The third-order valence-electron chi connectivity index (χ3n) is 5.25. The van der Waals surface area contributed by atoms with Crippen LogP contribution in [0.2, 0.25) is 0 Å². The quantitative estimate of drug-likeness (QED) is 0.327. The van der Waals surface area contributed by atoms with E-state index >= 15 is 0 Å². The second kappa shape index (κ2) is 11.2. The maximum Gasteiger partial charge on any atom is 0.302 e. The first-order valence-corrected chi connectivity index (χ1v) is 11.2. The van der Waals surface area contributed by atoms with Gasteiger partial charge in [0.1, 0.15) is 0 Å². The SMILES string of the molecule is CC(=O)OCCCCN1CCC(C(=O)c2ccc(Sc3ccccc3)cc2)CC1. The van der Waals surface area contributed by atoms with Gasteiger partial charge in [0, 0.05) is 28.2 Å². The molecule has 154 valence electrons. The summed E-state index contributed by atoms with van der Waals surface area (Å²) in [5.41, 5.74) is 0.822. The van der Waals surface area contributed by atoms with E-state index in [9.17, 15) is 9.59 Å². The fourth-order valence-corrected chi connectivity index (χ4v) is 4.46. The highest BCUT2D eigenvalue weighted by molar-refractivity contribution is 7.99. The third kappa shape index (κ3) is 7.02. The molecular weight excluding hydrogens is 382 g/mol. The van der Waals surface area contributed by atoms with E-state index in [0.717, 1.165) is 55.8 Å². The van der Waals surface area contributed by atoms with Crippen LogP contribution in [0.4, 0.5) is 0 Å². The van der Waals surface area contributed by atoms with Crippen LogP contribution in [-0.2, 0) is 9.53 Å². The summed E-state index contributed by atoms with van der Waals surface area (Å²) >= 11 is 1.71. The Morgan fingerprint density at radius 1 is 0.966 bits per heavy atom. The summed E-state index contributed by atoms with van der Waals surface area (Å²) in [5, 5.41) is 0. The number of piperidine rings is 1. The zero-order valence-corrected chi connectivity index (χ0v) is 17.8. The molecule has 0 bridgehead atoms. The molecule has 1 saturated heterocycles. The van der Waals surface area contributed by atoms with Gasteiger partial charge in [-0.3, -0.25) is 9.59 Å². The predicted octanol–water partition coefficient (Wildman–Crippen LogP) is 5.08. The summed E-state index contributed by atoms with van der Waals surface area (Å²) in [6.45, 7) is 4.88. The highest BCUT2D eigenvalue weighted by Gasteiger charge is 2.25. The molecule has 0 atom stereocenters. The van der Waals surface area contributed by atoms with E-state index in [1.165, 1.54) is 11.8 Å². The number of hydrogen-bond acceptors (Lipinski definition) is 5. The standard InChI is InChI=1S/C24H29NO3S/c1-19(26)28-18-6-5-15-25-16-13-21(14-17-25)24(27)20-9-11-23(12-10-20)29-22-7-3-2-4-8-22/h2-4,7-12,21H,5-6,13-18H2,1H3. The van der Waals surface area contributed by atoms with Gasteiger partial charge in [-0.1, -0.05) is 42.1 Å². The molecule has 3 rings (SSSR count). The second-order valence-electron chi connectivity index (χ2n) is 7.47. The van der Waals surface area contributed by atoms with Gasteiger partial charge in [0.05, 0.1) is 6.61 Å². The number of unbranched alkanes of at least 4 members (excludes halogenated alkanes) is 1. The van der Waals surface area contributed by atoms with Gasteiger partial charge in [0.15, 0.2) is 5.78 Å². The summed E-state index contributed by atoms with van der Waals surface area (Å²) in [6, 6.07) is 18.3. The van der Waals surface area contributed by atoms with E-state index in [0.29, 0.717) is 6.61 Å². The average Bonchev–Trinajstić information content (AvgIpc) is 2.74. The number of carbonyl (C=O) groups is 2. The monoisotopic (exact) mass is 411 g/mol. The maximum atomic E-state index is 12.9. The van der Waals surface area contributed by atoms with E-state index in [1.54, 1.807) is 11.8 Å². The van der Waals surface area contributed by atoms with Crippen LogP contribution in [0.25, 0.3) is 0 Å². The minimum Gasteiger partial charge on any atom is -0.466 e. The Balaban J connectivity index is 1.41. The summed E-state index contributed by atoms with van der Waals surface area (Å²) < 4.78 is 4.97. The number of hydrogen-bond donors (Lipinski definition) is 0. The largest absolute Gasteiger partial charge is 0.466 e. The minimum atomic E-state index is -0.212. The van der Waals surface area contributed by atoms with Crippen molar-refractivity contribution in [1.29, 1.82) is 0 Å². The van der Waals surface area contributed by atoms with Gasteiger partial charge >= 0.3 is 5.97 Å². The van der Waals surface area contributed by atoms with Crippen molar-refractivity contribution >= 4 is 23.5 Å². The lowest BCUT2D eigenvalue weighted by atomic mass is 9.89. The summed E-state index contributed by atoms with van der Waals surface area (Å²) in [7, 11) is 0. The molecule has 2 aromatic carbocycles. The van der Waals surface area contributed by atoms with Crippen molar-refractivity contribution in [3.8, 4) is 0 Å². The van der Waals surface area contributed by atoms with Crippen LogP contribution in [0.15, 0.2) is 64.4 Å². The van der Waals surface area contributed by atoms with Gasteiger partial charge < -0.3 is 9.64 Å². The highest BCUT2D eigenvalue weighted by atomic mass is 32.2. The number of nitrogens with zero attached hydrogens (tertiary/aromatic N) is 1. The molecule has 0 unspecified atom stereocenters. The Hall–Kier alpha value is -2.11.